The van der Waals surface area contributed by atoms with E-state index in [-0.39, 0.29) is 16.9 Å². The Morgan fingerprint density at radius 3 is 2.40 bits per heavy atom. The Bertz CT molecular complexity index is 638. The number of halogens is 3. The molecule has 0 unspecified atom stereocenters. The highest BCUT2D eigenvalue weighted by Gasteiger charge is 2.30. The number of para-hydroxylation sites is 1. The monoisotopic (exact) mass is 280 g/mol. The number of carboxylic acids is 1. The maximum absolute atomic E-state index is 12.6. The highest BCUT2D eigenvalue weighted by atomic mass is 19.4. The van der Waals surface area contributed by atoms with Crippen molar-refractivity contribution in [1.29, 1.82) is 0 Å². The molecule has 0 aliphatic rings. The average molecular weight is 280 g/mol. The van der Waals surface area contributed by atoms with Crippen molar-refractivity contribution in [3.63, 3.8) is 0 Å². The normalized spacial score (nSPS) is 11.2. The van der Waals surface area contributed by atoms with Crippen molar-refractivity contribution >= 4 is 17.3 Å². The highest BCUT2D eigenvalue weighted by Crippen LogP contribution is 2.31. The van der Waals surface area contributed by atoms with Gasteiger partial charge < -0.3 is 15.2 Å². The third-order valence-corrected chi connectivity index (χ3v) is 2.62. The molecule has 0 aliphatic carbocycles. The molecule has 0 bridgehead atoms. The van der Waals surface area contributed by atoms with Crippen LogP contribution in [-0.2, 0) is 6.18 Å². The summed E-state index contributed by atoms with van der Waals surface area (Å²) in [5, 5.41) is 13.6. The summed E-state index contributed by atoms with van der Waals surface area (Å²) in [5.41, 5.74) is -0.612. The minimum atomic E-state index is -4.45. The van der Waals surface area contributed by atoms with Gasteiger partial charge >= 0.3 is 6.18 Å². The van der Waals surface area contributed by atoms with E-state index in [2.05, 4.69) is 5.32 Å². The lowest BCUT2D eigenvalue weighted by Crippen LogP contribution is -2.23. The van der Waals surface area contributed by atoms with E-state index >= 15 is 0 Å². The molecule has 0 radical (unpaired) electrons. The number of anilines is 2. The van der Waals surface area contributed by atoms with Gasteiger partial charge in [0.1, 0.15) is 0 Å². The Hall–Kier alpha value is -2.50. The second kappa shape index (κ2) is 5.24. The lowest BCUT2D eigenvalue weighted by atomic mass is 10.1. The zero-order valence-electron chi connectivity index (χ0n) is 10.1. The van der Waals surface area contributed by atoms with Crippen LogP contribution in [0.15, 0.2) is 48.5 Å². The van der Waals surface area contributed by atoms with Crippen LogP contribution in [0.1, 0.15) is 15.9 Å². The fraction of sp³-hybridized carbons (Fsp3) is 0.0714. The molecule has 2 aromatic rings. The maximum Gasteiger partial charge on any atom is 0.416 e. The van der Waals surface area contributed by atoms with E-state index in [0.717, 1.165) is 12.1 Å². The number of alkyl halides is 3. The van der Waals surface area contributed by atoms with E-state index in [4.69, 9.17) is 0 Å². The standard InChI is InChI=1S/C14H10F3NO2/c15-14(16,17)9-4-3-5-10(8-9)18-12-7-2-1-6-11(12)13(19)20/h1-8,18H,(H,19,20)/p-1. The highest BCUT2D eigenvalue weighted by molar-refractivity contribution is 5.93. The number of rotatable bonds is 3. The fourth-order valence-corrected chi connectivity index (χ4v) is 1.70. The summed E-state index contributed by atoms with van der Waals surface area (Å²) in [7, 11) is 0. The molecule has 2 rings (SSSR count). The second-order valence-electron chi connectivity index (χ2n) is 4.04. The molecule has 0 amide bonds. The van der Waals surface area contributed by atoms with Gasteiger partial charge in [0.15, 0.2) is 0 Å². The molecule has 0 fully saturated rings. The number of carboxylic acid groups (broad SMARTS) is 1. The van der Waals surface area contributed by atoms with Crippen LogP contribution in [0.5, 0.6) is 0 Å². The molecule has 0 spiro atoms. The smallest absolute Gasteiger partial charge is 0.416 e. The molecule has 0 aromatic heterocycles. The van der Waals surface area contributed by atoms with Gasteiger partial charge in [0.2, 0.25) is 0 Å². The van der Waals surface area contributed by atoms with E-state index < -0.39 is 17.7 Å². The van der Waals surface area contributed by atoms with E-state index in [1.54, 1.807) is 6.07 Å². The van der Waals surface area contributed by atoms with Crippen LogP contribution in [0, 0.1) is 0 Å². The van der Waals surface area contributed by atoms with Gasteiger partial charge in [-0.2, -0.15) is 13.2 Å². The average Bonchev–Trinajstić information content (AvgIpc) is 2.38. The molecule has 6 heteroatoms. The minimum Gasteiger partial charge on any atom is -0.545 e. The molecule has 0 heterocycles. The first-order chi connectivity index (χ1) is 9.38. The minimum absolute atomic E-state index is 0.120. The van der Waals surface area contributed by atoms with E-state index in [1.165, 1.54) is 30.3 Å². The van der Waals surface area contributed by atoms with Crippen LogP contribution in [0.3, 0.4) is 0 Å². The van der Waals surface area contributed by atoms with Crippen molar-refractivity contribution in [1.82, 2.24) is 0 Å². The number of hydrogen-bond donors (Lipinski definition) is 1. The van der Waals surface area contributed by atoms with Gasteiger partial charge in [-0.3, -0.25) is 0 Å². The predicted molar refractivity (Wildman–Crippen MR) is 65.5 cm³/mol. The van der Waals surface area contributed by atoms with Crippen molar-refractivity contribution in [2.24, 2.45) is 0 Å². The lowest BCUT2D eigenvalue weighted by molar-refractivity contribution is -0.254. The van der Waals surface area contributed by atoms with Crippen molar-refractivity contribution in [3.8, 4) is 0 Å². The van der Waals surface area contributed by atoms with Crippen LogP contribution < -0.4 is 10.4 Å². The number of aromatic carboxylic acids is 1. The van der Waals surface area contributed by atoms with Gasteiger partial charge in [-0.15, -0.1) is 0 Å². The molecule has 3 nitrogen and oxygen atoms in total. The Morgan fingerprint density at radius 1 is 1.05 bits per heavy atom. The maximum atomic E-state index is 12.6. The van der Waals surface area contributed by atoms with Gasteiger partial charge in [0.05, 0.1) is 11.5 Å². The summed E-state index contributed by atoms with van der Waals surface area (Å²) in [5.74, 6) is -1.40. The zero-order chi connectivity index (χ0) is 14.8. The Kier molecular flexibility index (Phi) is 3.65. The Labute approximate surface area is 112 Å². The van der Waals surface area contributed by atoms with Crippen molar-refractivity contribution < 1.29 is 23.1 Å². The van der Waals surface area contributed by atoms with E-state index in [1.807, 2.05) is 0 Å². The van der Waals surface area contributed by atoms with Crippen molar-refractivity contribution in [2.75, 3.05) is 5.32 Å². The number of benzene rings is 2. The molecule has 0 saturated carbocycles. The second-order valence-corrected chi connectivity index (χ2v) is 4.04. The van der Waals surface area contributed by atoms with Crippen LogP contribution in [0.25, 0.3) is 0 Å². The molecule has 0 saturated heterocycles. The number of carbonyl (C=O) groups is 1. The van der Waals surface area contributed by atoms with Crippen molar-refractivity contribution in [2.45, 2.75) is 6.18 Å². The predicted octanol–water partition coefficient (Wildman–Crippen LogP) is 2.81. The first-order valence-corrected chi connectivity index (χ1v) is 5.62. The van der Waals surface area contributed by atoms with Crippen molar-refractivity contribution in [3.05, 3.63) is 59.7 Å². The number of hydrogen-bond acceptors (Lipinski definition) is 3. The number of nitrogens with one attached hydrogen (secondary N) is 1. The molecule has 104 valence electrons. The SMILES string of the molecule is O=C([O-])c1ccccc1Nc1cccc(C(F)(F)F)c1. The molecular formula is C14H9F3NO2-. The van der Waals surface area contributed by atoms with Gasteiger partial charge in [-0.25, -0.2) is 0 Å². The summed E-state index contributed by atoms with van der Waals surface area (Å²) < 4.78 is 37.7. The fourth-order valence-electron chi connectivity index (χ4n) is 1.70. The van der Waals surface area contributed by atoms with E-state index in [0.29, 0.717) is 0 Å². The van der Waals surface area contributed by atoms with Crippen LogP contribution in [0.2, 0.25) is 0 Å². The summed E-state index contributed by atoms with van der Waals surface area (Å²) in [4.78, 5) is 10.9. The number of carbonyl (C=O) groups excluding carboxylic acids is 1. The van der Waals surface area contributed by atoms with Crippen LogP contribution >= 0.6 is 0 Å². The van der Waals surface area contributed by atoms with Crippen LogP contribution in [-0.4, -0.2) is 5.97 Å². The third kappa shape index (κ3) is 3.09. The molecule has 1 N–H and O–H groups in total. The van der Waals surface area contributed by atoms with Gasteiger partial charge in [0.25, 0.3) is 0 Å². The van der Waals surface area contributed by atoms with Gasteiger partial charge in [-0.05, 0) is 24.3 Å². The van der Waals surface area contributed by atoms with Crippen LogP contribution in [0.4, 0.5) is 24.5 Å². The Balaban J connectivity index is 2.34. The summed E-state index contributed by atoms with van der Waals surface area (Å²) in [6, 6.07) is 10.3. The van der Waals surface area contributed by atoms with E-state index in [9.17, 15) is 23.1 Å². The largest absolute Gasteiger partial charge is 0.545 e. The first-order valence-electron chi connectivity index (χ1n) is 5.62. The molecular weight excluding hydrogens is 271 g/mol. The lowest BCUT2D eigenvalue weighted by Gasteiger charge is -2.14. The molecule has 0 atom stereocenters. The summed E-state index contributed by atoms with van der Waals surface area (Å²) in [6.07, 6.45) is -4.45. The summed E-state index contributed by atoms with van der Waals surface area (Å²) >= 11 is 0. The molecule has 0 aliphatic heterocycles. The molecule has 2 aromatic carbocycles. The topological polar surface area (TPSA) is 52.2 Å². The zero-order valence-corrected chi connectivity index (χ0v) is 10.1. The van der Waals surface area contributed by atoms with Gasteiger partial charge in [-0.1, -0.05) is 24.3 Å². The first kappa shape index (κ1) is 13.9. The Morgan fingerprint density at radius 2 is 1.75 bits per heavy atom. The molecule has 20 heavy (non-hydrogen) atoms. The summed E-state index contributed by atoms with van der Waals surface area (Å²) in [6.45, 7) is 0. The van der Waals surface area contributed by atoms with Gasteiger partial charge in [0, 0.05) is 16.9 Å². The quantitative estimate of drug-likeness (QED) is 0.940. The third-order valence-electron chi connectivity index (χ3n) is 2.62.